The van der Waals surface area contributed by atoms with Crippen LogP contribution >= 0.6 is 11.3 Å². The van der Waals surface area contributed by atoms with Crippen molar-refractivity contribution in [1.82, 2.24) is 61.1 Å². The van der Waals surface area contributed by atoms with E-state index in [2.05, 4.69) is 80.3 Å². The minimum atomic E-state index is -1.01. The van der Waals surface area contributed by atoms with Gasteiger partial charge in [0, 0.05) is 128 Å². The van der Waals surface area contributed by atoms with Crippen LogP contribution in [-0.2, 0) is 35.3 Å². The smallest absolute Gasteiger partial charge is 0.246 e. The summed E-state index contributed by atoms with van der Waals surface area (Å²) in [7, 11) is 0. The number of aliphatic hydroxyl groups excluding tert-OH is 1. The molecule has 5 aliphatic heterocycles. The number of likely N-dealkylation sites (tertiary alicyclic amines) is 2. The number of piperidine rings is 2. The van der Waals surface area contributed by atoms with Crippen molar-refractivity contribution in [2.24, 2.45) is 10.8 Å². The number of nitrogens with one attached hydrogen (secondary N) is 6. The van der Waals surface area contributed by atoms with Crippen molar-refractivity contribution >= 4 is 64.1 Å². The summed E-state index contributed by atoms with van der Waals surface area (Å²) in [6.07, 6.45) is 5.55. The Labute approximate surface area is 538 Å². The van der Waals surface area contributed by atoms with Crippen molar-refractivity contribution in [1.29, 1.82) is 0 Å². The van der Waals surface area contributed by atoms with Gasteiger partial charge in [0.05, 0.1) is 46.0 Å². The van der Waals surface area contributed by atoms with Gasteiger partial charge in [-0.2, -0.15) is 0 Å². The lowest BCUT2D eigenvalue weighted by molar-refractivity contribution is -0.144. The van der Waals surface area contributed by atoms with Gasteiger partial charge in [0.15, 0.2) is 0 Å². The molecule has 2 aromatic carbocycles. The molecule has 4 aromatic rings. The third-order valence-corrected chi connectivity index (χ3v) is 19.7. The summed E-state index contributed by atoms with van der Waals surface area (Å²) in [6, 6.07) is 10.1. The van der Waals surface area contributed by atoms with E-state index in [1.165, 1.54) is 23.4 Å². The van der Waals surface area contributed by atoms with E-state index >= 15 is 8.78 Å². The average molecular weight is 1280 g/mol. The number of aliphatic hydroxyl groups is 1. The Morgan fingerprint density at radius 1 is 0.769 bits per heavy atom. The summed E-state index contributed by atoms with van der Waals surface area (Å²) in [6.45, 7) is 23.7. The first-order valence-electron chi connectivity index (χ1n) is 32.5. The molecule has 25 heteroatoms. The molecular formula is C66H95F2N15O7S. The fourth-order valence-electron chi connectivity index (χ4n) is 12.9. The standard InChI is InChI=1S/C66H95F2N15O7S/c1-44(46-10-12-47(13-11-46)60-45(2)74-43-91-60)75-62(89)53-35-49(84)39-83(53)63(90)61(64(3,4)5)76-58(87)15-14-56(85)71-23-9-24-78-30-32-79(33-31-78)25-16-57(86)70-22-8-21-69-54-37-55(73-42-72-54)81-28-19-66(20-29-81)41-82(40-59(88)77-66)52-36-50(67)48(34-51(52)68)38-80-26-17-65(6,7)18-27-80/h10-13,34,36-37,42-44,49,53,61,84H,8-9,14-33,35,38-41H2,1-7H3,(H,70,86)(H,71,85)(H,75,89)(H,76,87)(H,77,88)(H,69,72,73)/t44-,49+,53-,61+/m0/s1. The number of benzene rings is 2. The third-order valence-electron chi connectivity index (χ3n) is 18.7. The number of amides is 6. The molecule has 7 N–H and O–H groups in total. The summed E-state index contributed by atoms with van der Waals surface area (Å²) < 4.78 is 31.3. The molecule has 496 valence electrons. The maximum Gasteiger partial charge on any atom is 0.246 e. The number of β-amino-alcohol motifs (C(OH)–C–C–N with tert-alkyl or cyclic N) is 1. The quantitative estimate of drug-likeness (QED) is 0.0412. The second kappa shape index (κ2) is 30.7. The highest BCUT2D eigenvalue weighted by Gasteiger charge is 2.46. The van der Waals surface area contributed by atoms with Gasteiger partial charge in [-0.3, -0.25) is 33.7 Å². The van der Waals surface area contributed by atoms with Crippen molar-refractivity contribution < 1.29 is 42.7 Å². The Balaban J connectivity index is 0.605. The normalized spacial score (nSPS) is 20.4. The van der Waals surface area contributed by atoms with Gasteiger partial charge in [-0.1, -0.05) is 58.9 Å². The number of rotatable bonds is 25. The molecule has 22 nitrogen and oxygen atoms in total. The summed E-state index contributed by atoms with van der Waals surface area (Å²) in [5.41, 5.74) is 4.06. The summed E-state index contributed by atoms with van der Waals surface area (Å²) in [4.78, 5) is 106. The number of carbonyl (C=O) groups is 6. The van der Waals surface area contributed by atoms with Crippen LogP contribution in [0.3, 0.4) is 0 Å². The summed E-state index contributed by atoms with van der Waals surface area (Å²) in [5.74, 6) is -1.36. The number of hydrogen-bond acceptors (Lipinski definition) is 17. The van der Waals surface area contributed by atoms with E-state index in [1.807, 2.05) is 70.5 Å². The predicted octanol–water partition coefficient (Wildman–Crippen LogP) is 5.37. The zero-order valence-corrected chi connectivity index (χ0v) is 55.0. The SMILES string of the molecule is Cc1ncsc1-c1ccc([C@H](C)NC(=O)[C@@H]2C[C@@H](O)CN2C(=O)[C@@H](NC(=O)CCC(=O)NCCCN2CCN(CCC(=O)NCCCNc3cc(N4CCC5(CC4)CN(c4cc(F)c(CN6CCC(C)(C)CC6)cc4F)CC(=O)N5)ncn3)CC2)C(C)(C)C)cc1. The van der Waals surface area contributed by atoms with Gasteiger partial charge < -0.3 is 61.5 Å². The molecule has 0 unspecified atom stereocenters. The molecule has 1 spiro atoms. The van der Waals surface area contributed by atoms with E-state index in [4.69, 9.17) is 0 Å². The van der Waals surface area contributed by atoms with E-state index in [-0.39, 0.29) is 67.2 Å². The molecule has 2 aromatic heterocycles. The van der Waals surface area contributed by atoms with Crippen LogP contribution in [0.4, 0.5) is 26.1 Å². The number of anilines is 3. The predicted molar refractivity (Wildman–Crippen MR) is 348 cm³/mol. The maximum atomic E-state index is 15.7. The Kier molecular flexibility index (Phi) is 23.1. The Bertz CT molecular complexity index is 3160. The van der Waals surface area contributed by atoms with Gasteiger partial charge in [0.2, 0.25) is 35.4 Å². The highest BCUT2D eigenvalue weighted by atomic mass is 32.1. The average Bonchev–Trinajstić information content (AvgIpc) is 1.04. The molecule has 6 amide bonds. The van der Waals surface area contributed by atoms with Crippen molar-refractivity contribution in [3.8, 4) is 10.4 Å². The lowest BCUT2D eigenvalue weighted by Crippen LogP contribution is -2.66. The van der Waals surface area contributed by atoms with Gasteiger partial charge >= 0.3 is 0 Å². The molecule has 0 bridgehead atoms. The minimum Gasteiger partial charge on any atom is -0.391 e. The van der Waals surface area contributed by atoms with Crippen molar-refractivity contribution in [3.63, 3.8) is 0 Å². The van der Waals surface area contributed by atoms with Gasteiger partial charge in [0.1, 0.15) is 41.7 Å². The summed E-state index contributed by atoms with van der Waals surface area (Å²) in [5, 5.41) is 29.0. The largest absolute Gasteiger partial charge is 0.391 e. The molecule has 4 atom stereocenters. The number of aryl methyl sites for hydroxylation is 1. The number of nitrogens with zero attached hydrogens (tertiary/aromatic N) is 9. The van der Waals surface area contributed by atoms with Crippen LogP contribution in [0.15, 0.2) is 54.3 Å². The van der Waals surface area contributed by atoms with Crippen LogP contribution in [0.1, 0.15) is 129 Å². The van der Waals surface area contributed by atoms with Gasteiger partial charge in [-0.15, -0.1) is 11.3 Å². The Morgan fingerprint density at radius 2 is 1.44 bits per heavy atom. The number of carbonyl (C=O) groups excluding carboxylic acids is 6. The van der Waals surface area contributed by atoms with E-state index in [0.717, 1.165) is 92.6 Å². The van der Waals surface area contributed by atoms with Gasteiger partial charge in [-0.25, -0.2) is 23.7 Å². The number of aromatic nitrogens is 3. The zero-order valence-electron chi connectivity index (χ0n) is 54.2. The number of hydrogen-bond donors (Lipinski definition) is 7. The summed E-state index contributed by atoms with van der Waals surface area (Å²) >= 11 is 1.56. The molecule has 0 radical (unpaired) electrons. The number of halogens is 2. The molecular weight excluding hydrogens is 1180 g/mol. The molecule has 5 saturated heterocycles. The first-order valence-corrected chi connectivity index (χ1v) is 33.4. The van der Waals surface area contributed by atoms with E-state index in [9.17, 15) is 33.9 Å². The van der Waals surface area contributed by atoms with Crippen molar-refractivity contribution in [3.05, 3.63) is 82.8 Å². The number of thiazole rings is 1. The minimum absolute atomic E-state index is 0.00452. The highest BCUT2D eigenvalue weighted by Crippen LogP contribution is 2.36. The second-order valence-corrected chi connectivity index (χ2v) is 28.3. The van der Waals surface area contributed by atoms with Crippen LogP contribution in [0, 0.1) is 29.4 Å². The van der Waals surface area contributed by atoms with E-state index < -0.39 is 58.5 Å². The van der Waals surface area contributed by atoms with Gasteiger partial charge in [-0.05, 0) is 100 Å². The van der Waals surface area contributed by atoms with Crippen LogP contribution in [0.25, 0.3) is 10.4 Å². The van der Waals surface area contributed by atoms with Gasteiger partial charge in [0.25, 0.3) is 0 Å². The Morgan fingerprint density at radius 3 is 2.12 bits per heavy atom. The lowest BCUT2D eigenvalue weighted by Gasteiger charge is -2.48. The van der Waals surface area contributed by atoms with Crippen LogP contribution in [0.5, 0.6) is 0 Å². The molecule has 5 aliphatic rings. The molecule has 7 heterocycles. The number of piperazine rings is 2. The van der Waals surface area contributed by atoms with Crippen molar-refractivity contribution in [2.45, 2.75) is 149 Å². The topological polar surface area (TPSA) is 253 Å². The first-order chi connectivity index (χ1) is 43.4. The Hall–Kier alpha value is -6.93. The molecule has 0 aliphatic carbocycles. The zero-order chi connectivity index (χ0) is 65.0. The van der Waals surface area contributed by atoms with E-state index in [0.29, 0.717) is 89.4 Å². The second-order valence-electron chi connectivity index (χ2n) is 27.4. The lowest BCUT2D eigenvalue weighted by atomic mass is 9.82. The molecule has 0 saturated carbocycles. The fourth-order valence-corrected chi connectivity index (χ4v) is 13.7. The van der Waals surface area contributed by atoms with Crippen LogP contribution in [-0.4, -0.2) is 204 Å². The molecule has 5 fully saturated rings. The molecule has 9 rings (SSSR count). The molecule has 91 heavy (non-hydrogen) atoms. The monoisotopic (exact) mass is 1280 g/mol. The van der Waals surface area contributed by atoms with Crippen molar-refractivity contribution in [2.75, 3.05) is 120 Å². The van der Waals surface area contributed by atoms with Crippen LogP contribution in [0.2, 0.25) is 0 Å². The van der Waals surface area contributed by atoms with Crippen LogP contribution < -0.4 is 41.7 Å². The van der Waals surface area contributed by atoms with E-state index in [1.54, 1.807) is 16.2 Å². The third kappa shape index (κ3) is 18.9. The highest BCUT2D eigenvalue weighted by molar-refractivity contribution is 7.13. The maximum absolute atomic E-state index is 15.7. The first kappa shape index (κ1) is 68.4. The fraction of sp³-hybridized carbons (Fsp3) is 0.621.